The SMILES string of the molecule is O=C(c1ccc(Br)cn1)N1CCCN(C2CC2)CC1. The number of hydrogen-bond acceptors (Lipinski definition) is 3. The third-order valence-electron chi connectivity index (χ3n) is 3.83. The molecular formula is C14H18BrN3O. The zero-order chi connectivity index (χ0) is 13.2. The highest BCUT2D eigenvalue weighted by Gasteiger charge is 2.31. The topological polar surface area (TPSA) is 36.4 Å². The summed E-state index contributed by atoms with van der Waals surface area (Å²) in [6, 6.07) is 4.45. The molecule has 4 nitrogen and oxygen atoms in total. The maximum atomic E-state index is 12.4. The Morgan fingerprint density at radius 2 is 2.05 bits per heavy atom. The van der Waals surface area contributed by atoms with Crippen LogP contribution < -0.4 is 0 Å². The van der Waals surface area contributed by atoms with Gasteiger partial charge in [0.05, 0.1) is 0 Å². The van der Waals surface area contributed by atoms with Crippen LogP contribution in [0.15, 0.2) is 22.8 Å². The average molecular weight is 324 g/mol. The third-order valence-corrected chi connectivity index (χ3v) is 4.30. The first kappa shape index (κ1) is 13.1. The van der Waals surface area contributed by atoms with E-state index >= 15 is 0 Å². The van der Waals surface area contributed by atoms with Crippen LogP contribution in [0, 0.1) is 0 Å². The lowest BCUT2D eigenvalue weighted by atomic mass is 10.3. The first-order valence-electron chi connectivity index (χ1n) is 6.89. The van der Waals surface area contributed by atoms with Crippen molar-refractivity contribution in [2.45, 2.75) is 25.3 Å². The van der Waals surface area contributed by atoms with E-state index in [0.717, 1.165) is 43.1 Å². The molecule has 102 valence electrons. The number of aromatic nitrogens is 1. The fraction of sp³-hybridized carbons (Fsp3) is 0.571. The minimum absolute atomic E-state index is 0.0603. The minimum Gasteiger partial charge on any atom is -0.336 e. The Labute approximate surface area is 121 Å². The van der Waals surface area contributed by atoms with Gasteiger partial charge in [-0.1, -0.05) is 0 Å². The van der Waals surface area contributed by atoms with Crippen LogP contribution in [0.3, 0.4) is 0 Å². The number of nitrogens with zero attached hydrogens (tertiary/aromatic N) is 3. The molecule has 0 spiro atoms. The van der Waals surface area contributed by atoms with Gasteiger partial charge in [-0.2, -0.15) is 0 Å². The van der Waals surface area contributed by atoms with Crippen molar-refractivity contribution < 1.29 is 4.79 Å². The Bertz CT molecular complexity index is 458. The summed E-state index contributed by atoms with van der Waals surface area (Å²) in [6.07, 6.45) is 5.42. The van der Waals surface area contributed by atoms with Crippen molar-refractivity contribution in [3.8, 4) is 0 Å². The molecule has 1 aliphatic carbocycles. The molecule has 2 aliphatic rings. The summed E-state index contributed by atoms with van der Waals surface area (Å²) >= 11 is 3.34. The van der Waals surface area contributed by atoms with Gasteiger partial charge in [0, 0.05) is 42.9 Å². The fourth-order valence-corrected chi connectivity index (χ4v) is 2.84. The lowest BCUT2D eigenvalue weighted by Gasteiger charge is -2.21. The number of carbonyl (C=O) groups excluding carboxylic acids is 1. The van der Waals surface area contributed by atoms with Crippen LogP contribution in [0.4, 0.5) is 0 Å². The maximum Gasteiger partial charge on any atom is 0.272 e. The van der Waals surface area contributed by atoms with Crippen LogP contribution >= 0.6 is 15.9 Å². The molecule has 1 amide bonds. The van der Waals surface area contributed by atoms with E-state index in [2.05, 4.69) is 25.8 Å². The van der Waals surface area contributed by atoms with Crippen LogP contribution in [-0.2, 0) is 0 Å². The van der Waals surface area contributed by atoms with E-state index in [1.54, 1.807) is 12.3 Å². The molecule has 2 heterocycles. The number of carbonyl (C=O) groups is 1. The number of hydrogen-bond donors (Lipinski definition) is 0. The molecule has 0 radical (unpaired) electrons. The summed E-state index contributed by atoms with van der Waals surface area (Å²) < 4.78 is 0.903. The summed E-state index contributed by atoms with van der Waals surface area (Å²) in [5, 5.41) is 0. The second kappa shape index (κ2) is 5.59. The van der Waals surface area contributed by atoms with Gasteiger partial charge < -0.3 is 4.90 Å². The molecule has 0 bridgehead atoms. The Morgan fingerprint density at radius 1 is 1.21 bits per heavy atom. The Kier molecular flexibility index (Phi) is 3.84. The number of rotatable bonds is 2. The van der Waals surface area contributed by atoms with Crippen molar-refractivity contribution in [3.63, 3.8) is 0 Å². The van der Waals surface area contributed by atoms with Gasteiger partial charge in [-0.25, -0.2) is 4.98 Å². The molecule has 0 atom stereocenters. The van der Waals surface area contributed by atoms with Gasteiger partial charge in [-0.15, -0.1) is 0 Å². The Morgan fingerprint density at radius 3 is 2.74 bits per heavy atom. The average Bonchev–Trinajstić information content (AvgIpc) is 3.25. The van der Waals surface area contributed by atoms with Gasteiger partial charge in [-0.3, -0.25) is 9.69 Å². The second-order valence-electron chi connectivity index (χ2n) is 5.27. The third kappa shape index (κ3) is 3.15. The molecule has 19 heavy (non-hydrogen) atoms. The predicted octanol–water partition coefficient (Wildman–Crippen LogP) is 2.15. The van der Waals surface area contributed by atoms with Crippen LogP contribution in [0.2, 0.25) is 0 Å². The van der Waals surface area contributed by atoms with Crippen molar-refractivity contribution in [2.75, 3.05) is 26.2 Å². The van der Waals surface area contributed by atoms with Gasteiger partial charge in [0.1, 0.15) is 5.69 Å². The first-order chi connectivity index (χ1) is 9.24. The van der Waals surface area contributed by atoms with E-state index in [1.165, 1.54) is 12.8 Å². The summed E-state index contributed by atoms with van der Waals surface area (Å²) in [5.41, 5.74) is 0.545. The molecule has 3 rings (SSSR count). The summed E-state index contributed by atoms with van der Waals surface area (Å²) in [5.74, 6) is 0.0603. The van der Waals surface area contributed by atoms with Crippen molar-refractivity contribution in [1.29, 1.82) is 0 Å². The van der Waals surface area contributed by atoms with Crippen LogP contribution in [0.1, 0.15) is 29.8 Å². The molecule has 0 aromatic carbocycles. The normalized spacial score (nSPS) is 21.2. The number of pyridine rings is 1. The van der Waals surface area contributed by atoms with E-state index in [4.69, 9.17) is 0 Å². The highest BCUT2D eigenvalue weighted by atomic mass is 79.9. The van der Waals surface area contributed by atoms with Gasteiger partial charge in [0.2, 0.25) is 0 Å². The monoisotopic (exact) mass is 323 g/mol. The number of halogens is 1. The number of amides is 1. The van der Waals surface area contributed by atoms with Crippen LogP contribution in [-0.4, -0.2) is 52.9 Å². The molecule has 2 fully saturated rings. The van der Waals surface area contributed by atoms with Crippen molar-refractivity contribution in [3.05, 3.63) is 28.5 Å². The molecule has 5 heteroatoms. The molecule has 1 saturated heterocycles. The van der Waals surface area contributed by atoms with Crippen LogP contribution in [0.5, 0.6) is 0 Å². The van der Waals surface area contributed by atoms with Gasteiger partial charge >= 0.3 is 0 Å². The molecule has 1 aromatic heterocycles. The summed E-state index contributed by atoms with van der Waals surface area (Å²) in [4.78, 5) is 21.1. The zero-order valence-electron chi connectivity index (χ0n) is 10.9. The van der Waals surface area contributed by atoms with E-state index in [0.29, 0.717) is 5.69 Å². The van der Waals surface area contributed by atoms with Crippen LogP contribution in [0.25, 0.3) is 0 Å². The molecule has 1 aromatic rings. The van der Waals surface area contributed by atoms with E-state index in [9.17, 15) is 4.79 Å². The predicted molar refractivity (Wildman–Crippen MR) is 77.1 cm³/mol. The first-order valence-corrected chi connectivity index (χ1v) is 7.68. The lowest BCUT2D eigenvalue weighted by Crippen LogP contribution is -2.36. The second-order valence-corrected chi connectivity index (χ2v) is 6.19. The minimum atomic E-state index is 0.0603. The highest BCUT2D eigenvalue weighted by molar-refractivity contribution is 9.10. The Hall–Kier alpha value is -0.940. The quantitative estimate of drug-likeness (QED) is 0.836. The molecule has 1 aliphatic heterocycles. The van der Waals surface area contributed by atoms with E-state index in [1.807, 2.05) is 11.0 Å². The summed E-state index contributed by atoms with van der Waals surface area (Å²) in [6.45, 7) is 3.81. The maximum absolute atomic E-state index is 12.4. The van der Waals surface area contributed by atoms with Gasteiger partial charge in [-0.05, 0) is 47.3 Å². The Balaban J connectivity index is 1.64. The largest absolute Gasteiger partial charge is 0.336 e. The molecule has 0 N–H and O–H groups in total. The van der Waals surface area contributed by atoms with Gasteiger partial charge in [0.15, 0.2) is 0 Å². The molecule has 1 saturated carbocycles. The molecular weight excluding hydrogens is 306 g/mol. The van der Waals surface area contributed by atoms with E-state index in [-0.39, 0.29) is 5.91 Å². The highest BCUT2D eigenvalue weighted by Crippen LogP contribution is 2.27. The lowest BCUT2D eigenvalue weighted by molar-refractivity contribution is 0.0755. The zero-order valence-corrected chi connectivity index (χ0v) is 12.5. The summed E-state index contributed by atoms with van der Waals surface area (Å²) in [7, 11) is 0. The van der Waals surface area contributed by atoms with Crippen molar-refractivity contribution >= 4 is 21.8 Å². The van der Waals surface area contributed by atoms with Crippen molar-refractivity contribution in [2.24, 2.45) is 0 Å². The smallest absolute Gasteiger partial charge is 0.272 e. The van der Waals surface area contributed by atoms with Crippen molar-refractivity contribution in [1.82, 2.24) is 14.8 Å². The fourth-order valence-electron chi connectivity index (χ4n) is 2.61. The molecule has 0 unspecified atom stereocenters. The van der Waals surface area contributed by atoms with Gasteiger partial charge in [0.25, 0.3) is 5.91 Å². The van der Waals surface area contributed by atoms with E-state index < -0.39 is 0 Å². The standard InChI is InChI=1S/C14H18BrN3O/c15-11-2-5-13(16-10-11)14(19)18-7-1-6-17(8-9-18)12-3-4-12/h2,5,10,12H,1,3-4,6-9H2.